The van der Waals surface area contributed by atoms with Gasteiger partial charge in [0.15, 0.2) is 5.58 Å². The third-order valence-corrected chi connectivity index (χ3v) is 8.45. The standard InChI is InChI=1S/C40H25NO2/c1-2-11-28(12-3-1)41(36-17-9-16-33-31-13-4-7-19-38(31)43-40(33)36)29-22-20-26(21-23-29)30-15-8-10-27-24-39-35(25-34(27)30)32-14-5-6-18-37(32)42-39/h1-25H. The fraction of sp³-hybridized carbons (Fsp3) is 0. The lowest BCUT2D eigenvalue weighted by atomic mass is 9.96. The second-order valence-corrected chi connectivity index (χ2v) is 10.9. The van der Waals surface area contributed by atoms with E-state index < -0.39 is 0 Å². The van der Waals surface area contributed by atoms with Crippen molar-refractivity contribution in [3.8, 4) is 11.1 Å². The molecule has 9 aromatic rings. The number of hydrogen-bond donors (Lipinski definition) is 0. The Morgan fingerprint density at radius 2 is 1.05 bits per heavy atom. The molecule has 0 N–H and O–H groups in total. The molecular weight excluding hydrogens is 526 g/mol. The Kier molecular flexibility index (Phi) is 5.20. The van der Waals surface area contributed by atoms with Crippen molar-refractivity contribution in [1.29, 1.82) is 0 Å². The monoisotopic (exact) mass is 551 g/mol. The normalized spacial score (nSPS) is 11.7. The van der Waals surface area contributed by atoms with Gasteiger partial charge in [-0.2, -0.15) is 0 Å². The summed E-state index contributed by atoms with van der Waals surface area (Å²) in [5.41, 5.74) is 9.10. The summed E-state index contributed by atoms with van der Waals surface area (Å²) in [5.74, 6) is 0. The summed E-state index contributed by atoms with van der Waals surface area (Å²) in [6, 6.07) is 53.1. The van der Waals surface area contributed by atoms with Gasteiger partial charge in [0.05, 0.1) is 5.69 Å². The Hall–Kier alpha value is -5.80. The van der Waals surface area contributed by atoms with E-state index in [1.807, 2.05) is 30.3 Å². The topological polar surface area (TPSA) is 29.5 Å². The van der Waals surface area contributed by atoms with Gasteiger partial charge in [0, 0.05) is 32.9 Å². The van der Waals surface area contributed by atoms with Crippen LogP contribution >= 0.6 is 0 Å². The predicted octanol–water partition coefficient (Wildman–Crippen LogP) is 11.8. The van der Waals surface area contributed by atoms with Crippen LogP contribution in [0.4, 0.5) is 17.1 Å². The fourth-order valence-electron chi connectivity index (χ4n) is 6.45. The van der Waals surface area contributed by atoms with Crippen molar-refractivity contribution >= 4 is 71.7 Å². The van der Waals surface area contributed by atoms with Gasteiger partial charge in [-0.15, -0.1) is 0 Å². The Bertz CT molecular complexity index is 2450. The van der Waals surface area contributed by atoms with Crippen molar-refractivity contribution in [2.24, 2.45) is 0 Å². The lowest BCUT2D eigenvalue weighted by Gasteiger charge is -2.25. The van der Waals surface area contributed by atoms with Crippen molar-refractivity contribution in [3.05, 3.63) is 152 Å². The average Bonchev–Trinajstić information content (AvgIpc) is 3.63. The zero-order valence-electron chi connectivity index (χ0n) is 23.2. The SMILES string of the molecule is c1ccc(N(c2ccc(-c3cccc4cc5oc6ccccc6c5cc34)cc2)c2cccc3c2oc2ccccc23)cc1. The van der Waals surface area contributed by atoms with Crippen molar-refractivity contribution in [1.82, 2.24) is 0 Å². The third-order valence-electron chi connectivity index (χ3n) is 8.45. The highest BCUT2D eigenvalue weighted by Gasteiger charge is 2.19. The largest absolute Gasteiger partial charge is 0.456 e. The zero-order valence-corrected chi connectivity index (χ0v) is 23.2. The molecule has 0 aliphatic carbocycles. The Balaban J connectivity index is 1.20. The maximum Gasteiger partial charge on any atom is 0.159 e. The van der Waals surface area contributed by atoms with E-state index in [0.717, 1.165) is 71.9 Å². The van der Waals surface area contributed by atoms with E-state index in [0.29, 0.717) is 0 Å². The van der Waals surface area contributed by atoms with Crippen molar-refractivity contribution in [2.45, 2.75) is 0 Å². The van der Waals surface area contributed by atoms with Crippen LogP contribution in [0.25, 0.3) is 65.8 Å². The summed E-state index contributed by atoms with van der Waals surface area (Å²) in [5, 5.41) is 6.89. The highest BCUT2D eigenvalue weighted by atomic mass is 16.3. The summed E-state index contributed by atoms with van der Waals surface area (Å²) < 4.78 is 12.6. The van der Waals surface area contributed by atoms with Crippen molar-refractivity contribution < 1.29 is 8.83 Å². The van der Waals surface area contributed by atoms with Gasteiger partial charge < -0.3 is 13.7 Å². The van der Waals surface area contributed by atoms with Crippen LogP contribution in [0.3, 0.4) is 0 Å². The van der Waals surface area contributed by atoms with Gasteiger partial charge in [-0.25, -0.2) is 0 Å². The fourth-order valence-corrected chi connectivity index (χ4v) is 6.45. The van der Waals surface area contributed by atoms with E-state index in [1.165, 1.54) is 10.9 Å². The Morgan fingerprint density at radius 1 is 0.395 bits per heavy atom. The van der Waals surface area contributed by atoms with E-state index in [1.54, 1.807) is 0 Å². The average molecular weight is 552 g/mol. The highest BCUT2D eigenvalue weighted by Crippen LogP contribution is 2.43. The molecule has 7 aromatic carbocycles. The number of fused-ring (bicyclic) bond motifs is 7. The lowest BCUT2D eigenvalue weighted by Crippen LogP contribution is -2.10. The van der Waals surface area contributed by atoms with Crippen LogP contribution in [-0.2, 0) is 0 Å². The Labute approximate surface area is 247 Å². The molecule has 0 amide bonds. The van der Waals surface area contributed by atoms with E-state index in [-0.39, 0.29) is 0 Å². The van der Waals surface area contributed by atoms with Gasteiger partial charge in [0.25, 0.3) is 0 Å². The molecule has 0 aliphatic rings. The minimum atomic E-state index is 0.877. The number of furan rings is 2. The molecule has 0 aliphatic heterocycles. The minimum absolute atomic E-state index is 0.877. The van der Waals surface area contributed by atoms with Crippen LogP contribution in [0.15, 0.2) is 160 Å². The van der Waals surface area contributed by atoms with E-state index in [4.69, 9.17) is 8.83 Å². The molecule has 9 rings (SSSR count). The molecule has 3 nitrogen and oxygen atoms in total. The molecular formula is C40H25NO2. The van der Waals surface area contributed by atoms with Crippen LogP contribution in [0, 0.1) is 0 Å². The molecule has 0 radical (unpaired) electrons. The van der Waals surface area contributed by atoms with Gasteiger partial charge in [-0.1, -0.05) is 97.1 Å². The summed E-state index contributed by atoms with van der Waals surface area (Å²) in [4.78, 5) is 2.28. The third kappa shape index (κ3) is 3.75. The molecule has 0 unspecified atom stereocenters. The molecule has 0 fully saturated rings. The van der Waals surface area contributed by atoms with E-state index in [9.17, 15) is 0 Å². The Morgan fingerprint density at radius 3 is 1.86 bits per heavy atom. The summed E-state index contributed by atoms with van der Waals surface area (Å²) >= 11 is 0. The first kappa shape index (κ1) is 23.9. The lowest BCUT2D eigenvalue weighted by molar-refractivity contribution is 0.669. The second kappa shape index (κ2) is 9.37. The van der Waals surface area contributed by atoms with E-state index >= 15 is 0 Å². The number of para-hydroxylation sites is 4. The van der Waals surface area contributed by atoms with Gasteiger partial charge in [0.2, 0.25) is 0 Å². The molecule has 3 heteroatoms. The highest BCUT2D eigenvalue weighted by molar-refractivity contribution is 6.13. The smallest absolute Gasteiger partial charge is 0.159 e. The first-order chi connectivity index (χ1) is 21.3. The first-order valence-corrected chi connectivity index (χ1v) is 14.5. The van der Waals surface area contributed by atoms with Crippen LogP contribution in [0.2, 0.25) is 0 Å². The molecule has 0 saturated heterocycles. The second-order valence-electron chi connectivity index (χ2n) is 10.9. The number of rotatable bonds is 4. The quantitative estimate of drug-likeness (QED) is 0.218. The van der Waals surface area contributed by atoms with E-state index in [2.05, 4.69) is 126 Å². The van der Waals surface area contributed by atoms with Crippen molar-refractivity contribution in [3.63, 3.8) is 0 Å². The summed E-state index contributed by atoms with van der Waals surface area (Å²) in [6.07, 6.45) is 0. The molecule has 2 aromatic heterocycles. The van der Waals surface area contributed by atoms with Gasteiger partial charge in [0.1, 0.15) is 16.7 Å². The van der Waals surface area contributed by atoms with Crippen molar-refractivity contribution in [2.75, 3.05) is 4.90 Å². The minimum Gasteiger partial charge on any atom is -0.456 e. The number of hydrogen-bond acceptors (Lipinski definition) is 3. The van der Waals surface area contributed by atoms with Gasteiger partial charge in [-0.3, -0.25) is 0 Å². The van der Waals surface area contributed by atoms with Crippen LogP contribution < -0.4 is 4.90 Å². The first-order valence-electron chi connectivity index (χ1n) is 14.5. The van der Waals surface area contributed by atoms with Crippen LogP contribution in [0.5, 0.6) is 0 Å². The summed E-state index contributed by atoms with van der Waals surface area (Å²) in [6.45, 7) is 0. The van der Waals surface area contributed by atoms with Crippen LogP contribution in [0.1, 0.15) is 0 Å². The number of nitrogens with zero attached hydrogens (tertiary/aromatic N) is 1. The molecule has 0 saturated carbocycles. The number of anilines is 3. The maximum atomic E-state index is 6.46. The molecule has 0 spiro atoms. The molecule has 43 heavy (non-hydrogen) atoms. The molecule has 2 heterocycles. The predicted molar refractivity (Wildman–Crippen MR) is 179 cm³/mol. The van der Waals surface area contributed by atoms with Crippen LogP contribution in [-0.4, -0.2) is 0 Å². The molecule has 202 valence electrons. The zero-order chi connectivity index (χ0) is 28.3. The molecule has 0 bridgehead atoms. The maximum absolute atomic E-state index is 6.46. The summed E-state index contributed by atoms with van der Waals surface area (Å²) in [7, 11) is 0. The van der Waals surface area contributed by atoms with Gasteiger partial charge >= 0.3 is 0 Å². The molecule has 0 atom stereocenters. The number of benzene rings is 7. The van der Waals surface area contributed by atoms with Gasteiger partial charge in [-0.05, 0) is 76.5 Å².